The highest BCUT2D eigenvalue weighted by Gasteiger charge is 2.29. The summed E-state index contributed by atoms with van der Waals surface area (Å²) in [6.07, 6.45) is 0. The molecule has 9 heteroatoms. The third-order valence-electron chi connectivity index (χ3n) is 5.28. The highest BCUT2D eigenvalue weighted by atomic mass is 35.5. The van der Waals surface area contributed by atoms with E-state index in [1.807, 2.05) is 30.3 Å². The predicted molar refractivity (Wildman–Crippen MR) is 128 cm³/mol. The number of rotatable bonds is 5. The molecule has 1 aliphatic rings. The second kappa shape index (κ2) is 9.50. The summed E-state index contributed by atoms with van der Waals surface area (Å²) in [6, 6.07) is 20.7. The van der Waals surface area contributed by atoms with Crippen molar-refractivity contribution in [3.05, 3.63) is 88.4 Å². The van der Waals surface area contributed by atoms with Gasteiger partial charge in [-0.2, -0.15) is 4.31 Å². The number of carbonyl (C=O) groups excluding carboxylic acids is 1. The topological polar surface area (TPSA) is 69.7 Å². The van der Waals surface area contributed by atoms with Crippen LogP contribution in [0.2, 0.25) is 10.0 Å². The summed E-state index contributed by atoms with van der Waals surface area (Å²) in [6.45, 7) is 1.87. The van der Waals surface area contributed by atoms with Crippen LogP contribution in [0.3, 0.4) is 0 Å². The van der Waals surface area contributed by atoms with E-state index in [-0.39, 0.29) is 15.5 Å². The third kappa shape index (κ3) is 4.91. The largest absolute Gasteiger partial charge is 0.369 e. The number of halogens is 2. The molecule has 0 radical (unpaired) electrons. The number of hydrogen-bond acceptors (Lipinski definition) is 4. The first-order chi connectivity index (χ1) is 15.3. The van der Waals surface area contributed by atoms with Gasteiger partial charge in [-0.25, -0.2) is 8.42 Å². The van der Waals surface area contributed by atoms with Crippen LogP contribution < -0.4 is 10.2 Å². The minimum atomic E-state index is -3.77. The molecule has 1 amide bonds. The summed E-state index contributed by atoms with van der Waals surface area (Å²) in [5.41, 5.74) is 1.68. The Morgan fingerprint density at radius 1 is 0.844 bits per heavy atom. The minimum Gasteiger partial charge on any atom is -0.369 e. The summed E-state index contributed by atoms with van der Waals surface area (Å²) in [4.78, 5) is 14.9. The van der Waals surface area contributed by atoms with E-state index >= 15 is 0 Å². The Bertz CT molecular complexity index is 1210. The Hall–Kier alpha value is -2.58. The lowest BCUT2D eigenvalue weighted by molar-refractivity contribution is 0.102. The standard InChI is InChI=1S/C23H21Cl2N3O3S/c24-17-6-8-18(9-7-17)26-23(29)21-16-20(10-11-22(21)25)32(30,31)28-14-12-27(13-15-28)19-4-2-1-3-5-19/h1-11,16H,12-15H2,(H,26,29). The van der Waals surface area contributed by atoms with Crippen molar-refractivity contribution < 1.29 is 13.2 Å². The molecular formula is C23H21Cl2N3O3S. The summed E-state index contributed by atoms with van der Waals surface area (Å²) in [7, 11) is -3.77. The average Bonchev–Trinajstić information content (AvgIpc) is 2.81. The van der Waals surface area contributed by atoms with Crippen molar-refractivity contribution in [1.82, 2.24) is 4.31 Å². The highest BCUT2D eigenvalue weighted by molar-refractivity contribution is 7.89. The monoisotopic (exact) mass is 489 g/mol. The molecule has 1 N–H and O–H groups in total. The van der Waals surface area contributed by atoms with E-state index in [4.69, 9.17) is 23.2 Å². The molecule has 0 spiro atoms. The van der Waals surface area contributed by atoms with Gasteiger partial charge in [0.2, 0.25) is 10.0 Å². The lowest BCUT2D eigenvalue weighted by atomic mass is 10.2. The van der Waals surface area contributed by atoms with Gasteiger partial charge in [0.25, 0.3) is 5.91 Å². The summed E-state index contributed by atoms with van der Waals surface area (Å²) >= 11 is 12.1. The van der Waals surface area contributed by atoms with Gasteiger partial charge in [-0.3, -0.25) is 4.79 Å². The van der Waals surface area contributed by atoms with Crippen molar-refractivity contribution in [2.24, 2.45) is 0 Å². The number of sulfonamides is 1. The van der Waals surface area contributed by atoms with Crippen molar-refractivity contribution >= 4 is 50.5 Å². The first-order valence-corrected chi connectivity index (χ1v) is 12.2. The number of anilines is 2. The smallest absolute Gasteiger partial charge is 0.257 e. The Balaban J connectivity index is 1.50. The molecule has 1 saturated heterocycles. The molecule has 3 aromatic rings. The van der Waals surface area contributed by atoms with E-state index in [1.54, 1.807) is 24.3 Å². The second-order valence-electron chi connectivity index (χ2n) is 7.33. The number of benzene rings is 3. The number of nitrogens with zero attached hydrogens (tertiary/aromatic N) is 2. The molecule has 1 aliphatic heterocycles. The van der Waals surface area contributed by atoms with Gasteiger partial charge >= 0.3 is 0 Å². The Kier molecular flexibility index (Phi) is 6.71. The van der Waals surface area contributed by atoms with Crippen molar-refractivity contribution in [1.29, 1.82) is 0 Å². The third-order valence-corrected chi connectivity index (χ3v) is 7.76. The maximum absolute atomic E-state index is 13.2. The van der Waals surface area contributed by atoms with Gasteiger partial charge in [-0.15, -0.1) is 0 Å². The molecule has 166 valence electrons. The fraction of sp³-hybridized carbons (Fsp3) is 0.174. The quantitative estimate of drug-likeness (QED) is 0.560. The number of piperazine rings is 1. The second-order valence-corrected chi connectivity index (χ2v) is 10.1. The van der Waals surface area contributed by atoms with Crippen molar-refractivity contribution in [3.63, 3.8) is 0 Å². The van der Waals surface area contributed by atoms with Crippen LogP contribution in [0.1, 0.15) is 10.4 Å². The summed E-state index contributed by atoms with van der Waals surface area (Å²) in [5, 5.41) is 3.43. The van der Waals surface area contributed by atoms with Gasteiger partial charge in [0.15, 0.2) is 0 Å². The van der Waals surface area contributed by atoms with E-state index in [1.165, 1.54) is 22.5 Å². The molecule has 0 saturated carbocycles. The van der Waals surface area contributed by atoms with Crippen LogP contribution >= 0.6 is 23.2 Å². The number of hydrogen-bond donors (Lipinski definition) is 1. The Labute approximate surface area is 197 Å². The predicted octanol–water partition coefficient (Wildman–Crippen LogP) is 4.76. The van der Waals surface area contributed by atoms with Crippen LogP contribution in [0.15, 0.2) is 77.7 Å². The van der Waals surface area contributed by atoms with Gasteiger partial charge in [0.1, 0.15) is 0 Å². The normalized spacial score (nSPS) is 14.9. The molecular weight excluding hydrogens is 469 g/mol. The molecule has 0 unspecified atom stereocenters. The molecule has 0 atom stereocenters. The fourth-order valence-electron chi connectivity index (χ4n) is 3.55. The number of carbonyl (C=O) groups is 1. The van der Waals surface area contributed by atoms with Crippen molar-refractivity contribution in [3.8, 4) is 0 Å². The van der Waals surface area contributed by atoms with Gasteiger partial charge < -0.3 is 10.2 Å². The minimum absolute atomic E-state index is 0.0383. The van der Waals surface area contributed by atoms with E-state index < -0.39 is 15.9 Å². The number of nitrogens with one attached hydrogen (secondary N) is 1. The average molecular weight is 490 g/mol. The van der Waals surface area contributed by atoms with E-state index in [9.17, 15) is 13.2 Å². The molecule has 3 aromatic carbocycles. The first-order valence-electron chi connectivity index (χ1n) is 10.0. The summed E-state index contributed by atoms with van der Waals surface area (Å²) < 4.78 is 27.9. The van der Waals surface area contributed by atoms with Crippen LogP contribution in [-0.2, 0) is 10.0 Å². The van der Waals surface area contributed by atoms with Crippen molar-refractivity contribution in [2.45, 2.75) is 4.90 Å². The fourth-order valence-corrected chi connectivity index (χ4v) is 5.32. The van der Waals surface area contributed by atoms with Crippen LogP contribution in [0, 0.1) is 0 Å². The molecule has 1 fully saturated rings. The maximum Gasteiger partial charge on any atom is 0.257 e. The van der Waals surface area contributed by atoms with Gasteiger partial charge in [0.05, 0.1) is 15.5 Å². The number of amides is 1. The molecule has 0 aliphatic carbocycles. The van der Waals surface area contributed by atoms with Crippen LogP contribution in [0.25, 0.3) is 0 Å². The summed E-state index contributed by atoms with van der Waals surface area (Å²) in [5.74, 6) is -0.497. The molecule has 6 nitrogen and oxygen atoms in total. The molecule has 0 bridgehead atoms. The first kappa shape index (κ1) is 22.6. The lowest BCUT2D eigenvalue weighted by Crippen LogP contribution is -2.48. The highest BCUT2D eigenvalue weighted by Crippen LogP contribution is 2.26. The van der Waals surface area contributed by atoms with E-state index in [0.29, 0.717) is 36.9 Å². The van der Waals surface area contributed by atoms with Crippen molar-refractivity contribution in [2.75, 3.05) is 36.4 Å². The van der Waals surface area contributed by atoms with E-state index in [0.717, 1.165) is 5.69 Å². The molecule has 1 heterocycles. The molecule has 0 aromatic heterocycles. The molecule has 4 rings (SSSR count). The van der Waals surface area contributed by atoms with Gasteiger partial charge in [0, 0.05) is 42.6 Å². The SMILES string of the molecule is O=C(Nc1ccc(Cl)cc1)c1cc(S(=O)(=O)N2CCN(c3ccccc3)CC2)ccc1Cl. The van der Waals surface area contributed by atoms with Gasteiger partial charge in [-0.05, 0) is 54.6 Å². The maximum atomic E-state index is 13.2. The zero-order chi connectivity index (χ0) is 22.7. The zero-order valence-electron chi connectivity index (χ0n) is 17.0. The molecule has 32 heavy (non-hydrogen) atoms. The Morgan fingerprint density at radius 3 is 2.16 bits per heavy atom. The Morgan fingerprint density at radius 2 is 1.50 bits per heavy atom. The van der Waals surface area contributed by atoms with E-state index in [2.05, 4.69) is 10.2 Å². The van der Waals surface area contributed by atoms with Crippen LogP contribution in [0.5, 0.6) is 0 Å². The zero-order valence-corrected chi connectivity index (χ0v) is 19.4. The lowest BCUT2D eigenvalue weighted by Gasteiger charge is -2.35. The van der Waals surface area contributed by atoms with Gasteiger partial charge in [-0.1, -0.05) is 41.4 Å². The number of para-hydroxylation sites is 1. The van der Waals surface area contributed by atoms with Crippen LogP contribution in [-0.4, -0.2) is 44.8 Å². The van der Waals surface area contributed by atoms with Crippen LogP contribution in [0.4, 0.5) is 11.4 Å².